The summed E-state index contributed by atoms with van der Waals surface area (Å²) in [5.41, 5.74) is 1.41. The Morgan fingerprint density at radius 3 is 2.29 bits per heavy atom. The summed E-state index contributed by atoms with van der Waals surface area (Å²) in [7, 11) is -2.64. The van der Waals surface area contributed by atoms with Crippen molar-refractivity contribution in [3.63, 3.8) is 0 Å². The maximum absolute atomic E-state index is 12.4. The molecule has 0 heterocycles. The van der Waals surface area contributed by atoms with Crippen molar-refractivity contribution in [1.29, 1.82) is 0 Å². The van der Waals surface area contributed by atoms with Crippen molar-refractivity contribution in [2.45, 2.75) is 58.3 Å². The van der Waals surface area contributed by atoms with Crippen LogP contribution in [0.1, 0.15) is 63.9 Å². The molecule has 0 spiro atoms. The number of benzene rings is 1. The molecule has 0 amide bonds. The van der Waals surface area contributed by atoms with E-state index < -0.39 is 7.37 Å². The average Bonchev–Trinajstić information content (AvgIpc) is 2.50. The van der Waals surface area contributed by atoms with Gasteiger partial charge in [0.2, 0.25) is 7.37 Å². The summed E-state index contributed by atoms with van der Waals surface area (Å²) in [6, 6.07) is 8.37. The molecule has 1 saturated carbocycles. The molecule has 0 bridgehead atoms. The Bertz CT molecular complexity index is 474. The number of hydrogen-bond donors (Lipinski definition) is 0. The van der Waals surface area contributed by atoms with E-state index in [4.69, 9.17) is 4.52 Å². The van der Waals surface area contributed by atoms with E-state index in [1.165, 1.54) is 44.1 Å². The second-order valence-electron chi connectivity index (χ2n) is 6.27. The standard InChI is InChI=1S/C18H29O2P/c1-4-18(15-9-7-6-8-10-15)16-11-13-17(14-12-16)21(3,19)20-5-2/h11-15,18H,4-10H2,1-3H3. The van der Waals surface area contributed by atoms with Gasteiger partial charge in [0.15, 0.2) is 0 Å². The smallest absolute Gasteiger partial charge is 0.229 e. The largest absolute Gasteiger partial charge is 0.326 e. The van der Waals surface area contributed by atoms with Crippen LogP contribution in [0.25, 0.3) is 0 Å². The molecule has 2 unspecified atom stereocenters. The molecule has 2 nitrogen and oxygen atoms in total. The first kappa shape index (κ1) is 16.8. The van der Waals surface area contributed by atoms with Gasteiger partial charge in [0.1, 0.15) is 0 Å². The van der Waals surface area contributed by atoms with E-state index in [1.54, 1.807) is 6.66 Å². The first-order valence-corrected chi connectivity index (χ1v) is 10.5. The maximum Gasteiger partial charge on any atom is 0.229 e. The highest BCUT2D eigenvalue weighted by Gasteiger charge is 2.24. The maximum atomic E-state index is 12.4. The number of hydrogen-bond acceptors (Lipinski definition) is 2. The predicted octanol–water partition coefficient (Wildman–Crippen LogP) is 5.33. The lowest BCUT2D eigenvalue weighted by Gasteiger charge is -2.30. The second kappa shape index (κ2) is 7.61. The van der Waals surface area contributed by atoms with E-state index in [0.717, 1.165) is 11.2 Å². The van der Waals surface area contributed by atoms with E-state index >= 15 is 0 Å². The lowest BCUT2D eigenvalue weighted by Crippen LogP contribution is -2.16. The minimum absolute atomic E-state index is 0.495. The zero-order valence-electron chi connectivity index (χ0n) is 13.7. The predicted molar refractivity (Wildman–Crippen MR) is 90.8 cm³/mol. The fourth-order valence-electron chi connectivity index (χ4n) is 3.69. The van der Waals surface area contributed by atoms with Gasteiger partial charge in [0, 0.05) is 12.0 Å². The summed E-state index contributed by atoms with van der Waals surface area (Å²) in [6.45, 7) is 6.39. The quantitative estimate of drug-likeness (QED) is 0.664. The van der Waals surface area contributed by atoms with Crippen LogP contribution in [-0.2, 0) is 9.09 Å². The molecule has 21 heavy (non-hydrogen) atoms. The van der Waals surface area contributed by atoms with Gasteiger partial charge in [-0.2, -0.15) is 0 Å². The molecule has 1 aromatic rings. The van der Waals surface area contributed by atoms with Crippen molar-refractivity contribution in [3.05, 3.63) is 29.8 Å². The molecule has 0 N–H and O–H groups in total. The van der Waals surface area contributed by atoms with Crippen LogP contribution in [0, 0.1) is 5.92 Å². The van der Waals surface area contributed by atoms with Crippen molar-refractivity contribution in [1.82, 2.24) is 0 Å². The molecule has 2 atom stereocenters. The highest BCUT2D eigenvalue weighted by atomic mass is 31.2. The summed E-state index contributed by atoms with van der Waals surface area (Å²) in [5.74, 6) is 1.48. The van der Waals surface area contributed by atoms with Crippen molar-refractivity contribution in [2.24, 2.45) is 5.92 Å². The van der Waals surface area contributed by atoms with Gasteiger partial charge >= 0.3 is 0 Å². The molecule has 1 fully saturated rings. The fourth-order valence-corrected chi connectivity index (χ4v) is 5.02. The topological polar surface area (TPSA) is 26.3 Å². The normalized spacial score (nSPS) is 20.9. The van der Waals surface area contributed by atoms with Gasteiger partial charge in [-0.1, -0.05) is 38.3 Å². The molecular formula is C18H29O2P. The molecule has 0 radical (unpaired) electrons. The summed E-state index contributed by atoms with van der Waals surface area (Å²) < 4.78 is 17.9. The Kier molecular flexibility index (Phi) is 6.08. The van der Waals surface area contributed by atoms with Gasteiger partial charge in [-0.05, 0) is 55.7 Å². The summed E-state index contributed by atoms with van der Waals surface area (Å²) >= 11 is 0. The monoisotopic (exact) mass is 308 g/mol. The van der Waals surface area contributed by atoms with E-state index in [2.05, 4.69) is 19.1 Å². The van der Waals surface area contributed by atoms with Crippen LogP contribution in [0.2, 0.25) is 0 Å². The van der Waals surface area contributed by atoms with E-state index in [9.17, 15) is 4.57 Å². The van der Waals surface area contributed by atoms with Crippen LogP contribution >= 0.6 is 7.37 Å². The summed E-state index contributed by atoms with van der Waals surface area (Å²) in [5, 5.41) is 0.839. The summed E-state index contributed by atoms with van der Waals surface area (Å²) in [6.07, 6.45) is 8.09. The molecule has 1 aromatic carbocycles. The van der Waals surface area contributed by atoms with Crippen molar-refractivity contribution < 1.29 is 9.09 Å². The van der Waals surface area contributed by atoms with Crippen LogP contribution in [0.5, 0.6) is 0 Å². The third-order valence-electron chi connectivity index (χ3n) is 4.82. The zero-order chi connectivity index (χ0) is 15.3. The molecule has 0 saturated heterocycles. The van der Waals surface area contributed by atoms with Gasteiger partial charge < -0.3 is 4.52 Å². The first-order chi connectivity index (χ1) is 10.1. The Hall–Kier alpha value is -0.590. The highest BCUT2D eigenvalue weighted by Crippen LogP contribution is 2.42. The van der Waals surface area contributed by atoms with Crippen LogP contribution in [-0.4, -0.2) is 13.3 Å². The molecular weight excluding hydrogens is 279 g/mol. The van der Waals surface area contributed by atoms with Crippen LogP contribution in [0.3, 0.4) is 0 Å². The minimum Gasteiger partial charge on any atom is -0.326 e. The van der Waals surface area contributed by atoms with Crippen LogP contribution in [0.15, 0.2) is 24.3 Å². The molecule has 3 heteroatoms. The van der Waals surface area contributed by atoms with Crippen LogP contribution in [0.4, 0.5) is 0 Å². The van der Waals surface area contributed by atoms with Gasteiger partial charge in [0.25, 0.3) is 0 Å². The zero-order valence-corrected chi connectivity index (χ0v) is 14.6. The van der Waals surface area contributed by atoms with Gasteiger partial charge in [-0.15, -0.1) is 0 Å². The molecule has 0 aliphatic heterocycles. The Balaban J connectivity index is 2.14. The molecule has 1 aliphatic rings. The molecule has 0 aromatic heterocycles. The number of rotatable bonds is 6. The van der Waals surface area contributed by atoms with Crippen molar-refractivity contribution in [2.75, 3.05) is 13.3 Å². The molecule has 1 aliphatic carbocycles. The van der Waals surface area contributed by atoms with Crippen LogP contribution < -0.4 is 5.30 Å². The van der Waals surface area contributed by atoms with Crippen molar-refractivity contribution in [3.8, 4) is 0 Å². The molecule has 2 rings (SSSR count). The third-order valence-corrected chi connectivity index (χ3v) is 6.81. The van der Waals surface area contributed by atoms with Crippen molar-refractivity contribution >= 4 is 12.7 Å². The van der Waals surface area contributed by atoms with E-state index in [0.29, 0.717) is 12.5 Å². The highest BCUT2D eigenvalue weighted by molar-refractivity contribution is 7.66. The Labute approximate surface area is 129 Å². The summed E-state index contributed by atoms with van der Waals surface area (Å²) in [4.78, 5) is 0. The lowest BCUT2D eigenvalue weighted by atomic mass is 9.76. The Morgan fingerprint density at radius 2 is 1.76 bits per heavy atom. The fraction of sp³-hybridized carbons (Fsp3) is 0.667. The van der Waals surface area contributed by atoms with Gasteiger partial charge in [-0.3, -0.25) is 4.57 Å². The average molecular weight is 308 g/mol. The second-order valence-corrected chi connectivity index (χ2v) is 8.73. The van der Waals surface area contributed by atoms with Gasteiger partial charge in [0.05, 0.1) is 6.61 Å². The van der Waals surface area contributed by atoms with E-state index in [-0.39, 0.29) is 0 Å². The Morgan fingerprint density at radius 1 is 1.14 bits per heavy atom. The molecule has 118 valence electrons. The van der Waals surface area contributed by atoms with E-state index in [1.807, 2.05) is 19.1 Å². The first-order valence-electron chi connectivity index (χ1n) is 8.41. The SMILES string of the molecule is CCOP(C)(=O)c1ccc(C(CC)C2CCCCC2)cc1. The third kappa shape index (κ3) is 4.20. The van der Waals surface area contributed by atoms with Gasteiger partial charge in [-0.25, -0.2) is 0 Å². The minimum atomic E-state index is -2.64. The lowest BCUT2D eigenvalue weighted by molar-refractivity contribution is 0.299.